The molecule has 0 aromatic carbocycles. The van der Waals surface area contributed by atoms with Gasteiger partial charge in [0, 0.05) is 0 Å². The van der Waals surface area contributed by atoms with E-state index in [4.69, 9.17) is 9.16 Å². The normalized spacial score (nSPS) is 43.0. The lowest BCUT2D eigenvalue weighted by Gasteiger charge is -2.49. The molecule has 0 aliphatic carbocycles. The summed E-state index contributed by atoms with van der Waals surface area (Å²) < 4.78 is 11.8. The van der Waals surface area contributed by atoms with Crippen molar-refractivity contribution in [1.82, 2.24) is 4.90 Å². The van der Waals surface area contributed by atoms with E-state index in [1.165, 1.54) is 0 Å². The molecule has 0 aromatic heterocycles. The molecule has 18 heavy (non-hydrogen) atoms. The Morgan fingerprint density at radius 2 is 2.28 bits per heavy atom. The maximum absolute atomic E-state index is 12.2. The fraction of sp³-hybridized carbons (Fsp3) is 0.769. The summed E-state index contributed by atoms with van der Waals surface area (Å²) in [6.45, 7) is 13.1. The van der Waals surface area contributed by atoms with Gasteiger partial charge in [-0.15, -0.1) is 6.58 Å². The fourth-order valence-corrected chi connectivity index (χ4v) is 4.78. The first-order valence-electron chi connectivity index (χ1n) is 6.60. The zero-order valence-electron chi connectivity index (χ0n) is 11.5. The van der Waals surface area contributed by atoms with Crippen LogP contribution in [0.4, 0.5) is 0 Å². The first-order valence-corrected chi connectivity index (χ1v) is 10.0. The second kappa shape index (κ2) is 3.46. The average molecular weight is 267 g/mol. The molecule has 0 aromatic rings. The topological polar surface area (TPSA) is 42.1 Å². The summed E-state index contributed by atoms with van der Waals surface area (Å²) in [5.41, 5.74) is -0.268. The van der Waals surface area contributed by atoms with Gasteiger partial charge in [-0.05, 0) is 26.6 Å². The molecule has 3 aliphatic heterocycles. The number of carbonyl (C=O) groups is 1. The molecule has 0 saturated carbocycles. The lowest BCUT2D eigenvalue weighted by Crippen LogP contribution is -2.67. The molecule has 3 aliphatic rings. The van der Waals surface area contributed by atoms with Gasteiger partial charge in [-0.1, -0.05) is 6.08 Å². The van der Waals surface area contributed by atoms with Crippen LogP contribution < -0.4 is 0 Å². The Hall–Kier alpha value is -0.653. The third kappa shape index (κ3) is 1.47. The lowest BCUT2D eigenvalue weighted by molar-refractivity contribution is -0.165. The number of rotatable bonds is 4. The van der Waals surface area contributed by atoms with Gasteiger partial charge < -0.3 is 14.1 Å². The Morgan fingerprint density at radius 3 is 2.83 bits per heavy atom. The average Bonchev–Trinajstić information content (AvgIpc) is 2.87. The number of β-lactam (4-membered cyclic amide) rings is 1. The van der Waals surface area contributed by atoms with Gasteiger partial charge in [0.15, 0.2) is 8.32 Å². The third-order valence-corrected chi connectivity index (χ3v) is 5.30. The van der Waals surface area contributed by atoms with Gasteiger partial charge in [0.1, 0.15) is 11.7 Å². The minimum absolute atomic E-state index is 0.0230. The van der Waals surface area contributed by atoms with Crippen LogP contribution in [0.15, 0.2) is 12.7 Å². The number of ether oxygens (including phenoxy) is 1. The predicted molar refractivity (Wildman–Crippen MR) is 70.7 cm³/mol. The minimum atomic E-state index is -1.62. The zero-order valence-corrected chi connectivity index (χ0v) is 12.5. The summed E-state index contributed by atoms with van der Waals surface area (Å²) in [5.74, 6) is 0.171. The molecule has 5 atom stereocenters. The SMILES string of the molecule is C=C[C@@]12O[C@@H]1CN1C(=O)[C@H]([C@@H](C)O[Si](C)(C)C)[C@H]12. The molecule has 0 radical (unpaired) electrons. The molecule has 100 valence electrons. The Bertz CT molecular complexity index is 419. The first-order chi connectivity index (χ1) is 8.30. The maximum Gasteiger partial charge on any atom is 0.230 e. The van der Waals surface area contributed by atoms with Crippen LogP contribution in [-0.2, 0) is 14.0 Å². The van der Waals surface area contributed by atoms with Gasteiger partial charge in [0.25, 0.3) is 0 Å². The van der Waals surface area contributed by atoms with Crippen LogP contribution in [0.1, 0.15) is 6.92 Å². The number of epoxide rings is 1. The van der Waals surface area contributed by atoms with Crippen LogP contribution in [0.25, 0.3) is 0 Å². The van der Waals surface area contributed by atoms with E-state index in [9.17, 15) is 4.79 Å². The molecule has 0 N–H and O–H groups in total. The van der Waals surface area contributed by atoms with Crippen molar-refractivity contribution in [1.29, 1.82) is 0 Å². The Morgan fingerprint density at radius 1 is 1.61 bits per heavy atom. The van der Waals surface area contributed by atoms with Gasteiger partial charge in [0.05, 0.1) is 24.6 Å². The lowest BCUT2D eigenvalue weighted by atomic mass is 9.78. The molecule has 3 heterocycles. The number of carbonyl (C=O) groups excluding carboxylic acids is 1. The van der Waals surface area contributed by atoms with Crippen molar-refractivity contribution in [3.63, 3.8) is 0 Å². The quantitative estimate of drug-likeness (QED) is 0.334. The molecule has 3 fully saturated rings. The van der Waals surface area contributed by atoms with Crippen molar-refractivity contribution < 1.29 is 14.0 Å². The summed E-state index contributed by atoms with van der Waals surface area (Å²) >= 11 is 0. The summed E-state index contributed by atoms with van der Waals surface area (Å²) in [7, 11) is -1.62. The molecule has 0 unspecified atom stereocenters. The van der Waals surface area contributed by atoms with Gasteiger partial charge in [-0.3, -0.25) is 4.79 Å². The van der Waals surface area contributed by atoms with Crippen molar-refractivity contribution in [3.05, 3.63) is 12.7 Å². The van der Waals surface area contributed by atoms with Crippen molar-refractivity contribution in [2.24, 2.45) is 5.92 Å². The number of hydrogen-bond acceptors (Lipinski definition) is 3. The molecule has 4 nitrogen and oxygen atoms in total. The predicted octanol–water partition coefficient (Wildman–Crippen LogP) is 1.39. The molecule has 0 bridgehead atoms. The summed E-state index contributed by atoms with van der Waals surface area (Å²) in [6, 6.07) is 0.152. The van der Waals surface area contributed by atoms with Crippen molar-refractivity contribution in [3.8, 4) is 0 Å². The summed E-state index contributed by atoms with van der Waals surface area (Å²) in [5, 5.41) is 0. The van der Waals surface area contributed by atoms with Crippen LogP contribution >= 0.6 is 0 Å². The van der Waals surface area contributed by atoms with E-state index >= 15 is 0 Å². The molecular weight excluding hydrogens is 246 g/mol. The monoisotopic (exact) mass is 267 g/mol. The molecule has 3 rings (SSSR count). The van der Waals surface area contributed by atoms with Crippen molar-refractivity contribution in [2.45, 2.75) is 50.4 Å². The number of fused-ring (bicyclic) bond motifs is 3. The highest BCUT2D eigenvalue weighted by Gasteiger charge is 2.76. The van der Waals surface area contributed by atoms with Crippen molar-refractivity contribution >= 4 is 14.2 Å². The van der Waals surface area contributed by atoms with Crippen LogP contribution in [0.5, 0.6) is 0 Å². The number of hydrogen-bond donors (Lipinski definition) is 0. The van der Waals surface area contributed by atoms with E-state index in [-0.39, 0.29) is 35.7 Å². The molecule has 3 saturated heterocycles. The molecule has 1 amide bonds. The van der Waals surface area contributed by atoms with E-state index in [1.54, 1.807) is 0 Å². The molecule has 5 heteroatoms. The van der Waals surface area contributed by atoms with Gasteiger partial charge >= 0.3 is 0 Å². The Balaban J connectivity index is 1.77. The van der Waals surface area contributed by atoms with Crippen LogP contribution in [0, 0.1) is 5.92 Å². The van der Waals surface area contributed by atoms with E-state index in [1.807, 2.05) is 17.9 Å². The van der Waals surface area contributed by atoms with E-state index in [0.29, 0.717) is 0 Å². The zero-order chi connectivity index (χ0) is 13.3. The highest BCUT2D eigenvalue weighted by atomic mass is 28.4. The number of amides is 1. The van der Waals surface area contributed by atoms with E-state index in [0.717, 1.165) is 6.54 Å². The second-order valence-electron chi connectivity index (χ2n) is 6.56. The van der Waals surface area contributed by atoms with E-state index < -0.39 is 8.32 Å². The molecule has 0 spiro atoms. The molecular formula is C13H21NO3Si. The Kier molecular flexibility index (Phi) is 2.38. The Labute approximate surface area is 109 Å². The van der Waals surface area contributed by atoms with Crippen LogP contribution in [0.2, 0.25) is 19.6 Å². The van der Waals surface area contributed by atoms with Crippen molar-refractivity contribution in [2.75, 3.05) is 6.54 Å². The van der Waals surface area contributed by atoms with Crippen LogP contribution in [0.3, 0.4) is 0 Å². The number of nitrogens with zero attached hydrogens (tertiary/aromatic N) is 1. The van der Waals surface area contributed by atoms with Crippen LogP contribution in [-0.4, -0.2) is 49.5 Å². The number of morpholine rings is 1. The largest absolute Gasteiger partial charge is 0.414 e. The highest BCUT2D eigenvalue weighted by Crippen LogP contribution is 2.57. The summed E-state index contributed by atoms with van der Waals surface area (Å²) in [6.07, 6.45) is 2.03. The standard InChI is InChI=1S/C13H21NO3Si/c1-6-13-9(16-13)7-14-11(13)10(12(14)15)8(2)17-18(3,4)5/h6,8-11H,1,7H2,2-5H3/t8-,9-,10-,11+,13-/m1/s1. The highest BCUT2D eigenvalue weighted by molar-refractivity contribution is 6.69. The third-order valence-electron chi connectivity index (χ3n) is 4.23. The summed E-state index contributed by atoms with van der Waals surface area (Å²) in [4.78, 5) is 14.1. The smallest absolute Gasteiger partial charge is 0.230 e. The van der Waals surface area contributed by atoms with E-state index in [2.05, 4.69) is 26.2 Å². The first kappa shape index (κ1) is 12.4. The fourth-order valence-electron chi connectivity index (χ4n) is 3.52. The van der Waals surface area contributed by atoms with Gasteiger partial charge in [-0.2, -0.15) is 0 Å². The minimum Gasteiger partial charge on any atom is -0.414 e. The second-order valence-corrected chi connectivity index (χ2v) is 11.0. The van der Waals surface area contributed by atoms with Gasteiger partial charge in [-0.25, -0.2) is 0 Å². The maximum atomic E-state index is 12.2. The van der Waals surface area contributed by atoms with Gasteiger partial charge in [0.2, 0.25) is 5.91 Å².